The Balaban J connectivity index is 2.13. The van der Waals surface area contributed by atoms with Crippen molar-refractivity contribution in [1.29, 1.82) is 0 Å². The summed E-state index contributed by atoms with van der Waals surface area (Å²) in [6.45, 7) is 2.08. The molecule has 2 N–H and O–H groups in total. The predicted octanol–water partition coefficient (Wildman–Crippen LogP) is 4.59. The van der Waals surface area contributed by atoms with E-state index in [9.17, 15) is 10.2 Å². The molecule has 3 aromatic carbocycles. The molecule has 3 rings (SSSR count). The van der Waals surface area contributed by atoms with Crippen molar-refractivity contribution in [3.63, 3.8) is 0 Å². The van der Waals surface area contributed by atoms with Gasteiger partial charge in [0, 0.05) is 5.92 Å². The Morgan fingerprint density at radius 1 is 0.636 bits per heavy atom. The molecule has 110 valence electrons. The maximum absolute atomic E-state index is 9.53. The number of phenolic OH excluding ortho intramolecular Hbond substituents is 2. The SMILES string of the molecule is Cc1cccc(C(c2ccc(O)cc2)c2ccc(O)cc2)c1. The van der Waals surface area contributed by atoms with Gasteiger partial charge in [-0.05, 0) is 47.9 Å². The third-order valence-electron chi connectivity index (χ3n) is 3.83. The standard InChI is InChI=1S/C20H18O2/c1-14-3-2-4-17(13-14)20(15-5-9-18(21)10-6-15)16-7-11-19(22)12-8-16/h2-13,20-22H,1H3. The van der Waals surface area contributed by atoms with Crippen molar-refractivity contribution in [3.8, 4) is 11.5 Å². The first kappa shape index (κ1) is 14.2. The molecule has 2 nitrogen and oxygen atoms in total. The lowest BCUT2D eigenvalue weighted by atomic mass is 9.84. The van der Waals surface area contributed by atoms with Crippen LogP contribution in [0.2, 0.25) is 0 Å². The van der Waals surface area contributed by atoms with Crippen molar-refractivity contribution in [2.24, 2.45) is 0 Å². The van der Waals surface area contributed by atoms with E-state index in [1.54, 1.807) is 24.3 Å². The fourth-order valence-corrected chi connectivity index (χ4v) is 2.76. The van der Waals surface area contributed by atoms with Gasteiger partial charge in [-0.1, -0.05) is 54.1 Å². The zero-order chi connectivity index (χ0) is 15.5. The van der Waals surface area contributed by atoms with Crippen molar-refractivity contribution in [1.82, 2.24) is 0 Å². The number of aromatic hydroxyl groups is 2. The molecule has 0 fully saturated rings. The van der Waals surface area contributed by atoms with Gasteiger partial charge in [-0.2, -0.15) is 0 Å². The first-order valence-electron chi connectivity index (χ1n) is 7.28. The maximum atomic E-state index is 9.53. The molecule has 0 aliphatic carbocycles. The predicted molar refractivity (Wildman–Crippen MR) is 88.3 cm³/mol. The van der Waals surface area contributed by atoms with Crippen LogP contribution in [0.4, 0.5) is 0 Å². The van der Waals surface area contributed by atoms with Gasteiger partial charge in [-0.25, -0.2) is 0 Å². The zero-order valence-corrected chi connectivity index (χ0v) is 12.4. The van der Waals surface area contributed by atoms with Crippen LogP contribution >= 0.6 is 0 Å². The number of aryl methyl sites for hydroxylation is 1. The Morgan fingerprint density at radius 2 is 1.14 bits per heavy atom. The molecule has 0 atom stereocenters. The minimum atomic E-state index is 0.0705. The highest BCUT2D eigenvalue weighted by Gasteiger charge is 2.17. The first-order chi connectivity index (χ1) is 10.6. The molecule has 0 heterocycles. The van der Waals surface area contributed by atoms with Gasteiger partial charge in [0.05, 0.1) is 0 Å². The summed E-state index contributed by atoms with van der Waals surface area (Å²) in [5.41, 5.74) is 4.61. The molecule has 0 spiro atoms. The minimum Gasteiger partial charge on any atom is -0.508 e. The Bertz CT molecular complexity index is 713. The molecular weight excluding hydrogens is 272 g/mol. The van der Waals surface area contributed by atoms with Crippen LogP contribution in [0, 0.1) is 6.92 Å². The van der Waals surface area contributed by atoms with Gasteiger partial charge in [0.1, 0.15) is 11.5 Å². The van der Waals surface area contributed by atoms with Crippen LogP contribution in [-0.2, 0) is 0 Å². The Hall–Kier alpha value is -2.74. The van der Waals surface area contributed by atoms with E-state index < -0.39 is 0 Å². The number of hydrogen-bond acceptors (Lipinski definition) is 2. The van der Waals surface area contributed by atoms with E-state index >= 15 is 0 Å². The summed E-state index contributed by atoms with van der Waals surface area (Å²) in [6.07, 6.45) is 0. The van der Waals surface area contributed by atoms with Crippen LogP contribution in [-0.4, -0.2) is 10.2 Å². The van der Waals surface area contributed by atoms with E-state index in [4.69, 9.17) is 0 Å². The van der Waals surface area contributed by atoms with Crippen LogP contribution in [0.5, 0.6) is 11.5 Å². The van der Waals surface area contributed by atoms with Crippen molar-refractivity contribution >= 4 is 0 Å². The second-order valence-corrected chi connectivity index (χ2v) is 5.53. The fourth-order valence-electron chi connectivity index (χ4n) is 2.76. The summed E-state index contributed by atoms with van der Waals surface area (Å²) in [5.74, 6) is 0.594. The van der Waals surface area contributed by atoms with Gasteiger partial charge >= 0.3 is 0 Å². The molecule has 0 aliphatic rings. The quantitative estimate of drug-likeness (QED) is 0.693. The molecule has 0 aromatic heterocycles. The summed E-state index contributed by atoms with van der Waals surface area (Å²) in [5, 5.41) is 19.1. The van der Waals surface area contributed by atoms with Crippen LogP contribution in [0.3, 0.4) is 0 Å². The van der Waals surface area contributed by atoms with E-state index in [-0.39, 0.29) is 17.4 Å². The monoisotopic (exact) mass is 290 g/mol. The van der Waals surface area contributed by atoms with E-state index in [0.29, 0.717) is 0 Å². The minimum absolute atomic E-state index is 0.0705. The average Bonchev–Trinajstić information content (AvgIpc) is 2.51. The van der Waals surface area contributed by atoms with Crippen molar-refractivity contribution in [3.05, 3.63) is 95.1 Å². The van der Waals surface area contributed by atoms with Crippen molar-refractivity contribution in [2.75, 3.05) is 0 Å². The highest BCUT2D eigenvalue weighted by molar-refractivity contribution is 5.46. The fraction of sp³-hybridized carbons (Fsp3) is 0.100. The van der Waals surface area contributed by atoms with Crippen LogP contribution in [0.1, 0.15) is 28.2 Å². The van der Waals surface area contributed by atoms with Crippen LogP contribution in [0.15, 0.2) is 72.8 Å². The highest BCUT2D eigenvalue weighted by atomic mass is 16.3. The van der Waals surface area contributed by atoms with Crippen molar-refractivity contribution < 1.29 is 10.2 Å². The summed E-state index contributed by atoms with van der Waals surface area (Å²) in [7, 11) is 0. The number of rotatable bonds is 3. The third-order valence-corrected chi connectivity index (χ3v) is 3.83. The summed E-state index contributed by atoms with van der Waals surface area (Å²) < 4.78 is 0. The number of hydrogen-bond donors (Lipinski definition) is 2. The molecule has 2 heteroatoms. The van der Waals surface area contributed by atoms with E-state index in [0.717, 1.165) is 11.1 Å². The van der Waals surface area contributed by atoms with Gasteiger partial charge in [-0.15, -0.1) is 0 Å². The molecule has 3 aromatic rings. The molecule has 22 heavy (non-hydrogen) atoms. The highest BCUT2D eigenvalue weighted by Crippen LogP contribution is 2.33. The van der Waals surface area contributed by atoms with Gasteiger partial charge < -0.3 is 10.2 Å². The second kappa shape index (κ2) is 5.94. The summed E-state index contributed by atoms with van der Waals surface area (Å²) in [6, 6.07) is 23.0. The molecular formula is C20H18O2. The zero-order valence-electron chi connectivity index (χ0n) is 12.4. The lowest BCUT2D eigenvalue weighted by Gasteiger charge is -2.19. The average molecular weight is 290 g/mol. The van der Waals surface area contributed by atoms with Gasteiger partial charge in [0.15, 0.2) is 0 Å². The van der Waals surface area contributed by atoms with E-state index in [1.807, 2.05) is 24.3 Å². The molecule has 0 saturated carbocycles. The molecule has 0 aliphatic heterocycles. The Kier molecular flexibility index (Phi) is 3.84. The third kappa shape index (κ3) is 2.96. The molecule has 0 radical (unpaired) electrons. The number of benzene rings is 3. The van der Waals surface area contributed by atoms with Crippen LogP contribution < -0.4 is 0 Å². The molecule has 0 amide bonds. The van der Waals surface area contributed by atoms with Gasteiger partial charge in [0.2, 0.25) is 0 Å². The lowest BCUT2D eigenvalue weighted by molar-refractivity contribution is 0.475. The van der Waals surface area contributed by atoms with E-state index in [2.05, 4.69) is 31.2 Å². The first-order valence-corrected chi connectivity index (χ1v) is 7.28. The second-order valence-electron chi connectivity index (χ2n) is 5.53. The van der Waals surface area contributed by atoms with E-state index in [1.165, 1.54) is 11.1 Å². The number of phenols is 2. The summed E-state index contributed by atoms with van der Waals surface area (Å²) >= 11 is 0. The smallest absolute Gasteiger partial charge is 0.115 e. The topological polar surface area (TPSA) is 40.5 Å². The van der Waals surface area contributed by atoms with Gasteiger partial charge in [-0.3, -0.25) is 0 Å². The van der Waals surface area contributed by atoms with Crippen molar-refractivity contribution in [2.45, 2.75) is 12.8 Å². The largest absolute Gasteiger partial charge is 0.508 e. The Morgan fingerprint density at radius 3 is 1.59 bits per heavy atom. The molecule has 0 saturated heterocycles. The lowest BCUT2D eigenvalue weighted by Crippen LogP contribution is -2.03. The normalized spacial score (nSPS) is 10.8. The van der Waals surface area contributed by atoms with Crippen LogP contribution in [0.25, 0.3) is 0 Å². The summed E-state index contributed by atoms with van der Waals surface area (Å²) in [4.78, 5) is 0. The Labute approximate surface area is 130 Å². The molecule has 0 bridgehead atoms. The maximum Gasteiger partial charge on any atom is 0.115 e. The molecule has 0 unspecified atom stereocenters. The van der Waals surface area contributed by atoms with Gasteiger partial charge in [0.25, 0.3) is 0 Å².